The lowest BCUT2D eigenvalue weighted by Gasteiger charge is -2.08. The van der Waals surface area contributed by atoms with Crippen LogP contribution in [-0.4, -0.2) is 38.4 Å². The van der Waals surface area contributed by atoms with E-state index in [1.165, 1.54) is 115 Å². The third kappa shape index (κ3) is 17.0. The fourth-order valence-electron chi connectivity index (χ4n) is 11.5. The third-order valence-corrected chi connectivity index (χ3v) is 24.1. The summed E-state index contributed by atoms with van der Waals surface area (Å²) in [5, 5.41) is 7.17. The maximum absolute atomic E-state index is 12.6. The number of thiazole rings is 4. The summed E-state index contributed by atoms with van der Waals surface area (Å²) in [6.07, 6.45) is 13.0. The first-order valence-electron chi connectivity index (χ1n) is 33.3. The van der Waals surface area contributed by atoms with Gasteiger partial charge < -0.3 is 17.7 Å². The first-order chi connectivity index (χ1) is 50.3. The van der Waals surface area contributed by atoms with Gasteiger partial charge in [-0.2, -0.15) is 0 Å². The molecule has 4 aromatic carbocycles. The molecule has 0 saturated heterocycles. The van der Waals surface area contributed by atoms with Crippen LogP contribution in [0.4, 0.5) is 22.7 Å². The molecule has 16 rings (SSSR count). The second-order valence-corrected chi connectivity index (χ2v) is 33.0. The molecule has 0 aliphatic carbocycles. The van der Waals surface area contributed by atoms with E-state index in [1.54, 1.807) is 48.6 Å². The molecule has 104 heavy (non-hydrogen) atoms. The van der Waals surface area contributed by atoms with E-state index in [0.29, 0.717) is 58.9 Å². The summed E-state index contributed by atoms with van der Waals surface area (Å²) < 4.78 is 35.8. The molecule has 526 valence electrons. The SMILES string of the molecule is C=CCn1c(=C)s/c(=C/c2ccc(SC3=Nc4ccccc4C3)o2)c1=O.C=c1s/c(=C/c2ccc(SC3=Nc4ccccc4C3)o2)c(=O)n1C(C)C.C=c1s/c(=C/c2ccc(SC3=Nc4ccccc4C3)o2)c(=O)n1C(C)CC.C=c1s/c(=C/c2ccc(SC3=Nc4ccccc4C3)o2)c(=O)n1CC. The molecule has 0 amide bonds. The fourth-order valence-corrected chi connectivity index (χ4v) is 18.8. The Kier molecular flexibility index (Phi) is 22.9. The highest BCUT2D eigenvalue weighted by atomic mass is 32.2. The Labute approximate surface area is 630 Å². The van der Waals surface area contributed by atoms with E-state index in [1.807, 2.05) is 149 Å². The lowest BCUT2D eigenvalue weighted by Crippen LogP contribution is -2.33. The summed E-state index contributed by atoms with van der Waals surface area (Å²) in [6, 6.07) is 48.0. The van der Waals surface area contributed by atoms with E-state index in [-0.39, 0.29) is 34.3 Å². The molecule has 24 heteroatoms. The summed E-state index contributed by atoms with van der Waals surface area (Å²) in [7, 11) is 0. The molecule has 4 aliphatic heterocycles. The Morgan fingerprint density at radius 2 is 0.712 bits per heavy atom. The molecular formula is C80H70N8O8S8. The summed E-state index contributed by atoms with van der Waals surface area (Å²) >= 11 is 11.6. The first-order valence-corrected chi connectivity index (χ1v) is 39.8. The average Bonchev–Trinajstić information content (AvgIpc) is 1.68. The second-order valence-electron chi connectivity index (χ2n) is 24.3. The normalized spacial score (nSPS) is 14.2. The molecular weight excluding hydrogens is 1460 g/mol. The molecule has 1 atom stereocenters. The molecule has 0 N–H and O–H groups in total. The smallest absolute Gasteiger partial charge is 0.269 e. The monoisotopic (exact) mass is 1530 g/mol. The summed E-state index contributed by atoms with van der Waals surface area (Å²) in [6.45, 7) is 30.6. The zero-order chi connectivity index (χ0) is 72.7. The third-order valence-electron chi connectivity index (χ3n) is 16.7. The van der Waals surface area contributed by atoms with Crippen molar-refractivity contribution in [1.29, 1.82) is 0 Å². The van der Waals surface area contributed by atoms with Crippen molar-refractivity contribution in [3.05, 3.63) is 282 Å². The minimum absolute atomic E-state index is 0.000528. The lowest BCUT2D eigenvalue weighted by atomic mass is 10.2. The van der Waals surface area contributed by atoms with Crippen LogP contribution in [0.15, 0.2) is 235 Å². The van der Waals surface area contributed by atoms with Gasteiger partial charge in [0.25, 0.3) is 22.2 Å². The van der Waals surface area contributed by atoms with Crippen molar-refractivity contribution in [3.8, 4) is 0 Å². The van der Waals surface area contributed by atoms with Gasteiger partial charge in [0.2, 0.25) is 0 Å². The topological polar surface area (TPSA) is 190 Å². The molecule has 0 bridgehead atoms. The number of rotatable bonds is 14. The van der Waals surface area contributed by atoms with Crippen LogP contribution in [0, 0.1) is 0 Å². The second kappa shape index (κ2) is 32.7. The molecule has 1 unspecified atom stereocenters. The van der Waals surface area contributed by atoms with Gasteiger partial charge >= 0.3 is 0 Å². The van der Waals surface area contributed by atoms with Crippen LogP contribution in [-0.2, 0) is 38.8 Å². The van der Waals surface area contributed by atoms with E-state index < -0.39 is 0 Å². The average molecular weight is 1530 g/mol. The summed E-state index contributed by atoms with van der Waals surface area (Å²) in [4.78, 5) is 68.3. The Balaban J connectivity index is 0.000000123. The van der Waals surface area contributed by atoms with Crippen LogP contribution in [0.2, 0.25) is 0 Å². The Morgan fingerprint density at radius 1 is 0.413 bits per heavy atom. The molecule has 0 saturated carbocycles. The zero-order valence-corrected chi connectivity index (χ0v) is 64.0. The number of thioether (sulfide) groups is 4. The van der Waals surface area contributed by atoms with Crippen molar-refractivity contribution in [3.63, 3.8) is 0 Å². The van der Waals surface area contributed by atoms with Crippen LogP contribution in [0.5, 0.6) is 0 Å². The largest absolute Gasteiger partial charge is 0.450 e. The number of allylic oxidation sites excluding steroid dienone is 1. The van der Waals surface area contributed by atoms with Gasteiger partial charge in [-0.25, -0.2) is 20.0 Å². The standard InChI is InChI=1S/C21H20N2O2S2.C20H18N2O2S2.C20H16N2O2S2.C19H16N2O2S2/c1-4-13(2)23-14(3)26-18(21(23)24)12-16-9-10-20(25-16)27-19-11-15-7-5-6-8-17(15)22-19;1-12(2)22-13(3)25-17(20(22)23)11-15-8-9-19(24-15)26-18-10-14-6-4-5-7-16(14)21-18;1-3-10-22-13(2)25-17(20(22)23)12-15-8-9-19(24-15)26-18-11-14-6-4-5-7-16(14)21-18;1-3-21-12(2)24-16(19(21)22)11-14-8-9-18(23-14)25-17-10-13-6-4-5-7-15(13)20-17/h5-10,12-13H,3-4,11H2,1-2H3;4-9,11-12H,3,10H2,1-2H3;3-9,12H,1-2,10-11H2;4-9,11H,2-3,10H2,1H3/b18-12+;17-11+;17-12+;16-11+. The van der Waals surface area contributed by atoms with Crippen LogP contribution < -0.4 is 59.0 Å². The summed E-state index contributed by atoms with van der Waals surface area (Å²) in [5.41, 5.74) is 8.98. The first kappa shape index (κ1) is 72.8. The quantitative estimate of drug-likeness (QED) is 0.0938. The minimum Gasteiger partial charge on any atom is -0.450 e. The van der Waals surface area contributed by atoms with E-state index in [9.17, 15) is 19.2 Å². The van der Waals surface area contributed by atoms with E-state index >= 15 is 0 Å². The van der Waals surface area contributed by atoms with Crippen LogP contribution in [0.25, 0.3) is 50.6 Å². The van der Waals surface area contributed by atoms with Crippen LogP contribution in [0.3, 0.4) is 0 Å². The maximum atomic E-state index is 12.6. The Bertz CT molecular complexity index is 6150. The number of nitrogens with zero attached hydrogens (tertiary/aromatic N) is 8. The highest BCUT2D eigenvalue weighted by Gasteiger charge is 2.22. The van der Waals surface area contributed by atoms with Crippen LogP contribution in [0.1, 0.15) is 98.4 Å². The molecule has 0 spiro atoms. The molecule has 8 aromatic heterocycles. The van der Waals surface area contributed by atoms with Crippen molar-refractivity contribution in [2.75, 3.05) is 0 Å². The number of benzene rings is 4. The van der Waals surface area contributed by atoms with Crippen molar-refractivity contribution >= 4 is 186 Å². The predicted octanol–water partition coefficient (Wildman–Crippen LogP) is 14.2. The Morgan fingerprint density at radius 3 is 1.01 bits per heavy atom. The van der Waals surface area contributed by atoms with Gasteiger partial charge in [-0.15, -0.1) is 51.9 Å². The summed E-state index contributed by atoms with van der Waals surface area (Å²) in [5.74, 6) is 2.65. The molecule has 0 fully saturated rings. The van der Waals surface area contributed by atoms with Crippen molar-refractivity contribution in [2.24, 2.45) is 20.0 Å². The molecule has 12 aromatic rings. The molecule has 12 heterocycles. The van der Waals surface area contributed by atoms with E-state index in [4.69, 9.17) is 17.7 Å². The fraction of sp³-hybridized carbons (Fsp3) is 0.175. The minimum atomic E-state index is -0.0684. The lowest BCUT2D eigenvalue weighted by molar-refractivity contribution is 0.467. The molecule has 16 nitrogen and oxygen atoms in total. The van der Waals surface area contributed by atoms with Crippen LogP contribution >= 0.6 is 92.4 Å². The van der Waals surface area contributed by atoms with Crippen molar-refractivity contribution in [2.45, 2.75) is 112 Å². The molecule has 0 radical (unpaired) electrons. The number of aliphatic imine (C=N–C) groups is 4. The van der Waals surface area contributed by atoms with Gasteiger partial charge in [0.05, 0.1) is 79.7 Å². The van der Waals surface area contributed by atoms with Gasteiger partial charge in [-0.05, 0) is 176 Å². The zero-order valence-electron chi connectivity index (χ0n) is 57.5. The number of hydrogen-bond donors (Lipinski definition) is 0. The van der Waals surface area contributed by atoms with E-state index in [0.717, 1.165) is 109 Å². The molecule has 4 aliphatic rings. The van der Waals surface area contributed by atoms with Crippen molar-refractivity contribution in [1.82, 2.24) is 18.3 Å². The van der Waals surface area contributed by atoms with Gasteiger partial charge in [0.15, 0.2) is 20.4 Å². The number of furan rings is 4. The number of para-hydroxylation sites is 4. The van der Waals surface area contributed by atoms with Gasteiger partial charge in [-0.1, -0.05) is 112 Å². The number of fused-ring (bicyclic) bond motifs is 4. The highest BCUT2D eigenvalue weighted by Crippen LogP contribution is 2.38. The number of hydrogen-bond acceptors (Lipinski definition) is 20. The predicted molar refractivity (Wildman–Crippen MR) is 436 cm³/mol. The highest BCUT2D eigenvalue weighted by molar-refractivity contribution is 8.14. The van der Waals surface area contributed by atoms with Gasteiger partial charge in [-0.3, -0.25) is 37.4 Å². The van der Waals surface area contributed by atoms with E-state index in [2.05, 4.69) is 84.1 Å². The van der Waals surface area contributed by atoms with Gasteiger partial charge in [0.1, 0.15) is 23.0 Å². The van der Waals surface area contributed by atoms with Crippen molar-refractivity contribution < 1.29 is 17.7 Å². The Hall–Kier alpha value is -9.50. The maximum Gasteiger partial charge on any atom is 0.269 e. The number of aromatic nitrogens is 4. The van der Waals surface area contributed by atoms with Gasteiger partial charge in [0, 0.05) is 75.2 Å².